The maximum Gasteiger partial charge on any atom is 0.148 e. The van der Waals surface area contributed by atoms with Crippen molar-refractivity contribution in [2.75, 3.05) is 12.4 Å². The zero-order valence-electron chi connectivity index (χ0n) is 15.4. The van der Waals surface area contributed by atoms with Crippen molar-refractivity contribution in [3.63, 3.8) is 0 Å². The van der Waals surface area contributed by atoms with Gasteiger partial charge in [0.2, 0.25) is 0 Å². The molecule has 2 atom stereocenters. The van der Waals surface area contributed by atoms with E-state index >= 15 is 0 Å². The number of hydrogen-bond acceptors (Lipinski definition) is 4. The van der Waals surface area contributed by atoms with Gasteiger partial charge in [0.1, 0.15) is 16.2 Å². The Kier molecular flexibility index (Phi) is 5.62. The van der Waals surface area contributed by atoms with Crippen LogP contribution in [0.3, 0.4) is 0 Å². The number of hydrogen-bond donors (Lipinski definition) is 1. The summed E-state index contributed by atoms with van der Waals surface area (Å²) in [6.07, 6.45) is 3.94. The van der Waals surface area contributed by atoms with Crippen molar-refractivity contribution in [1.82, 2.24) is 9.97 Å². The third-order valence-corrected chi connectivity index (χ3v) is 5.75. The summed E-state index contributed by atoms with van der Waals surface area (Å²) in [6, 6.07) is 6.67. The molecule has 1 aliphatic carbocycles. The van der Waals surface area contributed by atoms with E-state index in [-0.39, 0.29) is 6.04 Å². The summed E-state index contributed by atoms with van der Waals surface area (Å²) in [7, 11) is 1.72. The average Bonchev–Trinajstić information content (AvgIpc) is 2.99. The van der Waals surface area contributed by atoms with E-state index in [4.69, 9.17) is 14.7 Å². The van der Waals surface area contributed by atoms with Crippen LogP contribution in [0.25, 0.3) is 0 Å². The van der Waals surface area contributed by atoms with Gasteiger partial charge in [-0.05, 0) is 64.4 Å². The molecule has 3 rings (SSSR count). The average molecular weight is 404 g/mol. The summed E-state index contributed by atoms with van der Waals surface area (Å²) in [5.41, 5.74) is 4.74. The fourth-order valence-electron chi connectivity index (χ4n) is 3.62. The maximum absolute atomic E-state index is 5.44. The second kappa shape index (κ2) is 7.73. The molecule has 0 amide bonds. The number of fused-ring (bicyclic) bond motifs is 1. The molecule has 0 saturated heterocycles. The fraction of sp³-hybridized carbons (Fsp3) is 0.500. The van der Waals surface area contributed by atoms with E-state index < -0.39 is 0 Å². The standard InChI is InChI=1S/C20H26BrN3O/c1-5-12-10-13-8-9-14(25-4)11-15(13)18(12)24-20-17(7-3)22-19(21)16(6-2)23-20/h8-9,11-12,18H,5-7,10H2,1-4H3,(H,23,24)/t12-,18-/m1/s1. The quantitative estimate of drug-likeness (QED) is 0.727. The van der Waals surface area contributed by atoms with Crippen LogP contribution in [-0.4, -0.2) is 17.1 Å². The molecule has 2 aromatic rings. The van der Waals surface area contributed by atoms with Crippen LogP contribution >= 0.6 is 15.9 Å². The minimum atomic E-state index is 0.251. The number of methoxy groups -OCH3 is 1. The van der Waals surface area contributed by atoms with Crippen molar-refractivity contribution in [1.29, 1.82) is 0 Å². The Morgan fingerprint density at radius 1 is 1.16 bits per heavy atom. The number of nitrogens with one attached hydrogen (secondary N) is 1. The number of anilines is 1. The number of aromatic nitrogens is 2. The second-order valence-corrected chi connectivity index (χ2v) is 7.27. The van der Waals surface area contributed by atoms with Gasteiger partial charge in [0, 0.05) is 0 Å². The molecule has 1 aliphatic rings. The highest BCUT2D eigenvalue weighted by Crippen LogP contribution is 2.41. The molecule has 0 bridgehead atoms. The highest BCUT2D eigenvalue weighted by Gasteiger charge is 2.32. The third kappa shape index (κ3) is 3.52. The minimum Gasteiger partial charge on any atom is -0.497 e. The lowest BCUT2D eigenvalue weighted by atomic mass is 9.97. The van der Waals surface area contributed by atoms with Gasteiger partial charge in [0.15, 0.2) is 0 Å². The second-order valence-electron chi connectivity index (χ2n) is 6.52. The summed E-state index contributed by atoms with van der Waals surface area (Å²) in [4.78, 5) is 9.57. The van der Waals surface area contributed by atoms with Crippen LogP contribution in [0.4, 0.5) is 5.82 Å². The Morgan fingerprint density at radius 3 is 2.56 bits per heavy atom. The van der Waals surface area contributed by atoms with E-state index in [9.17, 15) is 0 Å². The molecule has 1 aromatic heterocycles. The van der Waals surface area contributed by atoms with Gasteiger partial charge in [-0.25, -0.2) is 9.97 Å². The lowest BCUT2D eigenvalue weighted by molar-refractivity contribution is 0.413. The van der Waals surface area contributed by atoms with Crippen LogP contribution in [0, 0.1) is 5.92 Å². The Bertz CT molecular complexity index is 763. The monoisotopic (exact) mass is 403 g/mol. The Morgan fingerprint density at radius 2 is 1.92 bits per heavy atom. The predicted molar refractivity (Wildman–Crippen MR) is 105 cm³/mol. The van der Waals surface area contributed by atoms with E-state index in [0.717, 1.165) is 53.2 Å². The topological polar surface area (TPSA) is 47.0 Å². The zero-order valence-corrected chi connectivity index (χ0v) is 17.0. The summed E-state index contributed by atoms with van der Waals surface area (Å²) >= 11 is 3.55. The third-order valence-electron chi connectivity index (χ3n) is 5.12. The first-order chi connectivity index (χ1) is 12.1. The lowest BCUT2D eigenvalue weighted by Gasteiger charge is -2.23. The normalized spacial score (nSPS) is 18.9. The summed E-state index contributed by atoms with van der Waals surface area (Å²) in [6.45, 7) is 6.48. The summed E-state index contributed by atoms with van der Waals surface area (Å²) in [5.74, 6) is 2.39. The molecule has 5 heteroatoms. The van der Waals surface area contributed by atoms with Gasteiger partial charge in [-0.1, -0.05) is 33.3 Å². The number of benzene rings is 1. The SMILES string of the molecule is CCc1nc(N[C@H]2c3cc(OC)ccc3C[C@H]2CC)c(CC)nc1Br. The van der Waals surface area contributed by atoms with Crippen LogP contribution in [-0.2, 0) is 19.3 Å². The number of ether oxygens (including phenoxy) is 1. The van der Waals surface area contributed by atoms with E-state index in [2.05, 4.69) is 60.2 Å². The molecule has 0 spiro atoms. The van der Waals surface area contributed by atoms with E-state index in [1.807, 2.05) is 0 Å². The highest BCUT2D eigenvalue weighted by molar-refractivity contribution is 9.10. The molecule has 0 aliphatic heterocycles. The minimum absolute atomic E-state index is 0.251. The molecule has 134 valence electrons. The first kappa shape index (κ1) is 18.2. The number of nitrogens with zero attached hydrogens (tertiary/aromatic N) is 2. The van der Waals surface area contributed by atoms with Gasteiger partial charge in [-0.3, -0.25) is 0 Å². The van der Waals surface area contributed by atoms with Crippen LogP contribution in [0.2, 0.25) is 0 Å². The van der Waals surface area contributed by atoms with Crippen LogP contribution in [0.5, 0.6) is 5.75 Å². The molecule has 0 saturated carbocycles. The summed E-state index contributed by atoms with van der Waals surface area (Å²) < 4.78 is 6.30. The molecule has 0 unspecified atom stereocenters. The molecular weight excluding hydrogens is 378 g/mol. The van der Waals surface area contributed by atoms with Crippen molar-refractivity contribution in [3.8, 4) is 5.75 Å². The molecule has 1 heterocycles. The van der Waals surface area contributed by atoms with Crippen LogP contribution < -0.4 is 10.1 Å². The molecule has 0 fully saturated rings. The largest absolute Gasteiger partial charge is 0.497 e. The molecule has 1 N–H and O–H groups in total. The van der Waals surface area contributed by atoms with Crippen molar-refractivity contribution in [2.45, 2.75) is 52.5 Å². The van der Waals surface area contributed by atoms with E-state index in [1.165, 1.54) is 11.1 Å². The van der Waals surface area contributed by atoms with Crippen molar-refractivity contribution in [3.05, 3.63) is 45.3 Å². The van der Waals surface area contributed by atoms with Gasteiger partial charge in [-0.15, -0.1) is 0 Å². The van der Waals surface area contributed by atoms with Gasteiger partial charge in [-0.2, -0.15) is 0 Å². The Labute approximate surface area is 158 Å². The number of halogens is 1. The molecule has 4 nitrogen and oxygen atoms in total. The van der Waals surface area contributed by atoms with Crippen LogP contribution in [0.1, 0.15) is 55.7 Å². The first-order valence-corrected chi connectivity index (χ1v) is 9.89. The number of aryl methyl sites for hydroxylation is 2. The van der Waals surface area contributed by atoms with Crippen LogP contribution in [0.15, 0.2) is 22.8 Å². The summed E-state index contributed by atoms with van der Waals surface area (Å²) in [5, 5.41) is 3.72. The van der Waals surface area contributed by atoms with Gasteiger partial charge < -0.3 is 10.1 Å². The molecule has 1 aromatic carbocycles. The first-order valence-electron chi connectivity index (χ1n) is 9.09. The Hall–Kier alpha value is -1.62. The zero-order chi connectivity index (χ0) is 18.0. The van der Waals surface area contributed by atoms with Gasteiger partial charge >= 0.3 is 0 Å². The van der Waals surface area contributed by atoms with E-state index in [0.29, 0.717) is 5.92 Å². The molecule has 0 radical (unpaired) electrons. The fourth-order valence-corrected chi connectivity index (χ4v) is 4.20. The molecular formula is C20H26BrN3O. The van der Waals surface area contributed by atoms with Gasteiger partial charge in [0.25, 0.3) is 0 Å². The lowest BCUT2D eigenvalue weighted by Crippen LogP contribution is -2.19. The predicted octanol–water partition coefficient (Wildman–Crippen LogP) is 5.11. The Balaban J connectivity index is 1.99. The van der Waals surface area contributed by atoms with Gasteiger partial charge in [0.05, 0.1) is 24.5 Å². The smallest absolute Gasteiger partial charge is 0.148 e. The number of rotatable bonds is 6. The van der Waals surface area contributed by atoms with Crippen molar-refractivity contribution >= 4 is 21.7 Å². The maximum atomic E-state index is 5.44. The van der Waals surface area contributed by atoms with E-state index in [1.54, 1.807) is 7.11 Å². The highest BCUT2D eigenvalue weighted by atomic mass is 79.9. The van der Waals surface area contributed by atoms with Crippen molar-refractivity contribution < 1.29 is 4.74 Å². The molecule has 25 heavy (non-hydrogen) atoms. The van der Waals surface area contributed by atoms with Crippen molar-refractivity contribution in [2.24, 2.45) is 5.92 Å².